The molecule has 0 bridgehead atoms. The second-order valence-electron chi connectivity index (χ2n) is 3.82. The van der Waals surface area contributed by atoms with Crippen LogP contribution in [0.3, 0.4) is 0 Å². The van der Waals surface area contributed by atoms with Crippen LogP contribution in [-0.4, -0.2) is 23.2 Å². The van der Waals surface area contributed by atoms with Crippen LogP contribution in [0.1, 0.15) is 19.7 Å². The molecule has 0 unspecified atom stereocenters. The number of benzene rings is 1. The maximum Gasteiger partial charge on any atom is 0.163 e. The topological polar surface area (TPSA) is 70.3 Å². The summed E-state index contributed by atoms with van der Waals surface area (Å²) in [6, 6.07) is 3.60. The number of rotatable bonds is 5. The lowest BCUT2D eigenvalue weighted by Crippen LogP contribution is -2.04. The molecule has 0 radical (unpaired) electrons. The summed E-state index contributed by atoms with van der Waals surface area (Å²) in [5, 5.41) is 1.10. The first-order valence-corrected chi connectivity index (χ1v) is 6.53. The molecule has 0 aliphatic rings. The average molecular weight is 282 g/mol. The molecule has 0 saturated heterocycles. The number of fused-ring (bicyclic) bond motifs is 1. The van der Waals surface area contributed by atoms with Gasteiger partial charge in [-0.05, 0) is 19.9 Å². The van der Waals surface area contributed by atoms with Gasteiger partial charge in [-0.1, -0.05) is 11.6 Å². The van der Waals surface area contributed by atoms with Gasteiger partial charge >= 0.3 is 0 Å². The van der Waals surface area contributed by atoms with Crippen molar-refractivity contribution >= 4 is 22.5 Å². The van der Waals surface area contributed by atoms with Gasteiger partial charge in [0.25, 0.3) is 0 Å². The van der Waals surface area contributed by atoms with E-state index in [1.807, 2.05) is 13.8 Å². The SMILES string of the molecule is CCOc1cc2nc(CN)nc(Cl)c2cc1OCC. The zero-order valence-corrected chi connectivity index (χ0v) is 11.7. The van der Waals surface area contributed by atoms with Crippen LogP contribution in [0.25, 0.3) is 10.9 Å². The van der Waals surface area contributed by atoms with Crippen molar-refractivity contribution in [1.82, 2.24) is 9.97 Å². The molecule has 1 aromatic carbocycles. The van der Waals surface area contributed by atoms with Crippen molar-refractivity contribution < 1.29 is 9.47 Å². The Bertz CT molecular complexity index is 590. The third-order valence-corrected chi connectivity index (χ3v) is 2.83. The summed E-state index contributed by atoms with van der Waals surface area (Å²) in [6.07, 6.45) is 0. The Morgan fingerprint density at radius 1 is 1.11 bits per heavy atom. The molecule has 6 heteroatoms. The molecule has 1 heterocycles. The van der Waals surface area contributed by atoms with Gasteiger partial charge in [0.15, 0.2) is 11.5 Å². The van der Waals surface area contributed by atoms with E-state index in [0.717, 1.165) is 5.39 Å². The van der Waals surface area contributed by atoms with Gasteiger partial charge in [-0.3, -0.25) is 0 Å². The Labute approximate surface area is 116 Å². The number of nitrogens with two attached hydrogens (primary N) is 1. The van der Waals surface area contributed by atoms with Crippen LogP contribution in [0.4, 0.5) is 0 Å². The van der Waals surface area contributed by atoms with Crippen LogP contribution < -0.4 is 15.2 Å². The minimum absolute atomic E-state index is 0.243. The molecule has 0 aliphatic heterocycles. The van der Waals surface area contributed by atoms with Crippen LogP contribution >= 0.6 is 11.6 Å². The van der Waals surface area contributed by atoms with Gasteiger partial charge in [0.2, 0.25) is 0 Å². The van der Waals surface area contributed by atoms with E-state index in [2.05, 4.69) is 9.97 Å². The minimum atomic E-state index is 0.243. The number of ether oxygens (including phenoxy) is 2. The van der Waals surface area contributed by atoms with Crippen molar-refractivity contribution in [3.8, 4) is 11.5 Å². The fourth-order valence-corrected chi connectivity index (χ4v) is 2.02. The van der Waals surface area contributed by atoms with Gasteiger partial charge < -0.3 is 15.2 Å². The van der Waals surface area contributed by atoms with Crippen molar-refractivity contribution in [3.05, 3.63) is 23.1 Å². The van der Waals surface area contributed by atoms with Crippen molar-refractivity contribution in [2.75, 3.05) is 13.2 Å². The fraction of sp³-hybridized carbons (Fsp3) is 0.385. The van der Waals surface area contributed by atoms with Gasteiger partial charge in [-0.15, -0.1) is 0 Å². The predicted octanol–water partition coefficient (Wildman–Crippen LogP) is 2.54. The summed E-state index contributed by atoms with van der Waals surface area (Å²) in [5.74, 6) is 1.79. The van der Waals surface area contributed by atoms with Crippen LogP contribution in [0.2, 0.25) is 5.15 Å². The third kappa shape index (κ3) is 2.88. The molecule has 5 nitrogen and oxygen atoms in total. The summed E-state index contributed by atoms with van der Waals surface area (Å²) in [6.45, 7) is 5.17. The maximum atomic E-state index is 6.14. The number of hydrogen-bond donors (Lipinski definition) is 1. The molecular weight excluding hydrogens is 266 g/mol. The molecule has 0 atom stereocenters. The molecule has 0 amide bonds. The van der Waals surface area contributed by atoms with Crippen molar-refractivity contribution in [2.45, 2.75) is 20.4 Å². The highest BCUT2D eigenvalue weighted by Crippen LogP contribution is 2.34. The lowest BCUT2D eigenvalue weighted by Gasteiger charge is -2.12. The Morgan fingerprint density at radius 2 is 1.74 bits per heavy atom. The molecule has 0 saturated carbocycles. The average Bonchev–Trinajstić information content (AvgIpc) is 2.40. The fourth-order valence-electron chi connectivity index (χ4n) is 1.77. The first-order valence-electron chi connectivity index (χ1n) is 6.15. The first kappa shape index (κ1) is 13.8. The molecule has 0 fully saturated rings. The lowest BCUT2D eigenvalue weighted by molar-refractivity contribution is 0.288. The highest BCUT2D eigenvalue weighted by Gasteiger charge is 2.12. The van der Waals surface area contributed by atoms with Gasteiger partial charge in [0.1, 0.15) is 11.0 Å². The third-order valence-electron chi connectivity index (χ3n) is 2.54. The Hall–Kier alpha value is -1.59. The van der Waals surface area contributed by atoms with Gasteiger partial charge in [0, 0.05) is 11.5 Å². The van der Waals surface area contributed by atoms with E-state index in [4.69, 9.17) is 26.8 Å². The van der Waals surface area contributed by atoms with Crippen LogP contribution in [0.5, 0.6) is 11.5 Å². The molecular formula is C13H16ClN3O2. The van der Waals surface area contributed by atoms with E-state index in [1.54, 1.807) is 12.1 Å². The van der Waals surface area contributed by atoms with E-state index in [9.17, 15) is 0 Å². The van der Waals surface area contributed by atoms with Crippen molar-refractivity contribution in [3.63, 3.8) is 0 Å². The quantitative estimate of drug-likeness (QED) is 0.853. The molecule has 1 aromatic heterocycles. The summed E-state index contributed by atoms with van der Waals surface area (Å²) in [5.41, 5.74) is 6.25. The predicted molar refractivity (Wildman–Crippen MR) is 74.8 cm³/mol. The lowest BCUT2D eigenvalue weighted by atomic mass is 10.2. The Morgan fingerprint density at radius 3 is 2.32 bits per heavy atom. The second-order valence-corrected chi connectivity index (χ2v) is 4.17. The molecule has 2 aromatic rings. The zero-order valence-electron chi connectivity index (χ0n) is 10.9. The molecule has 19 heavy (non-hydrogen) atoms. The molecule has 2 rings (SSSR count). The summed E-state index contributed by atoms with van der Waals surface area (Å²) < 4.78 is 11.1. The summed E-state index contributed by atoms with van der Waals surface area (Å²) >= 11 is 6.14. The molecule has 2 N–H and O–H groups in total. The van der Waals surface area contributed by atoms with E-state index in [-0.39, 0.29) is 6.54 Å². The van der Waals surface area contributed by atoms with Crippen LogP contribution in [0, 0.1) is 0 Å². The largest absolute Gasteiger partial charge is 0.490 e. The van der Waals surface area contributed by atoms with Gasteiger partial charge in [-0.25, -0.2) is 9.97 Å². The highest BCUT2D eigenvalue weighted by atomic mass is 35.5. The van der Waals surface area contributed by atoms with E-state index < -0.39 is 0 Å². The van der Waals surface area contributed by atoms with Crippen molar-refractivity contribution in [1.29, 1.82) is 0 Å². The number of halogens is 1. The summed E-state index contributed by atoms with van der Waals surface area (Å²) in [7, 11) is 0. The molecule has 102 valence electrons. The second kappa shape index (κ2) is 6.04. The zero-order chi connectivity index (χ0) is 13.8. The van der Waals surface area contributed by atoms with Crippen molar-refractivity contribution in [2.24, 2.45) is 5.73 Å². The standard InChI is InChI=1S/C13H16ClN3O2/c1-3-18-10-5-8-9(6-11(10)19-4-2)16-12(7-15)17-13(8)14/h5-6H,3-4,7,15H2,1-2H3. The van der Waals surface area contributed by atoms with Crippen LogP contribution in [0.15, 0.2) is 12.1 Å². The van der Waals surface area contributed by atoms with E-state index in [0.29, 0.717) is 41.2 Å². The normalized spacial score (nSPS) is 10.7. The molecule has 0 aliphatic carbocycles. The number of hydrogen-bond acceptors (Lipinski definition) is 5. The Kier molecular flexibility index (Phi) is 4.39. The first-order chi connectivity index (χ1) is 9.19. The number of nitrogens with zero attached hydrogens (tertiary/aromatic N) is 2. The highest BCUT2D eigenvalue weighted by molar-refractivity contribution is 6.34. The monoisotopic (exact) mass is 281 g/mol. The van der Waals surface area contributed by atoms with Gasteiger partial charge in [0.05, 0.1) is 25.3 Å². The summed E-state index contributed by atoms with van der Waals surface area (Å²) in [4.78, 5) is 8.47. The smallest absolute Gasteiger partial charge is 0.163 e. The van der Waals surface area contributed by atoms with E-state index >= 15 is 0 Å². The van der Waals surface area contributed by atoms with Gasteiger partial charge in [-0.2, -0.15) is 0 Å². The number of aromatic nitrogens is 2. The minimum Gasteiger partial charge on any atom is -0.490 e. The van der Waals surface area contributed by atoms with E-state index in [1.165, 1.54) is 0 Å². The maximum absolute atomic E-state index is 6.14. The Balaban J connectivity index is 2.62. The molecule has 0 spiro atoms. The van der Waals surface area contributed by atoms with Crippen LogP contribution in [-0.2, 0) is 6.54 Å².